The van der Waals surface area contributed by atoms with E-state index in [0.717, 1.165) is 0 Å². The first kappa shape index (κ1) is 9.62. The zero-order valence-electron chi connectivity index (χ0n) is 6.80. The summed E-state index contributed by atoms with van der Waals surface area (Å²) >= 11 is 0. The van der Waals surface area contributed by atoms with Crippen LogP contribution in [0.2, 0.25) is 0 Å². The molecule has 0 aliphatic rings. The Morgan fingerprint density at radius 3 is 3.08 bits per heavy atom. The molecule has 7 nitrogen and oxygen atoms in total. The maximum absolute atomic E-state index is 10.4. The maximum Gasteiger partial charge on any atom is 0.348 e. The van der Waals surface area contributed by atoms with Crippen molar-refractivity contribution < 1.29 is 10.0 Å². The molecule has 1 rings (SSSR count). The molecule has 0 saturated heterocycles. The van der Waals surface area contributed by atoms with E-state index >= 15 is 0 Å². The van der Waals surface area contributed by atoms with E-state index in [4.69, 9.17) is 5.73 Å². The fraction of sp³-hybridized carbons (Fsp3) is 0.500. The van der Waals surface area contributed by atoms with Gasteiger partial charge in [-0.15, -0.1) is 5.10 Å². The number of aromatic nitrogens is 2. The Morgan fingerprint density at radius 1 is 1.85 bits per heavy atom. The van der Waals surface area contributed by atoms with E-state index in [9.17, 15) is 15.2 Å². The lowest BCUT2D eigenvalue weighted by atomic mass is 10.1. The quantitative estimate of drug-likeness (QED) is 0.440. The minimum Gasteiger partial charge on any atom is -0.388 e. The van der Waals surface area contributed by atoms with Crippen LogP contribution in [-0.2, 0) is 0 Å². The summed E-state index contributed by atoms with van der Waals surface area (Å²) < 4.78 is 0. The largest absolute Gasteiger partial charge is 0.388 e. The number of aromatic amines is 1. The van der Waals surface area contributed by atoms with Crippen LogP contribution in [-0.4, -0.2) is 26.8 Å². The number of rotatable bonds is 4. The molecule has 0 bridgehead atoms. The number of aliphatic hydroxyl groups excluding tert-OH is 1. The van der Waals surface area contributed by atoms with E-state index in [0.29, 0.717) is 0 Å². The highest BCUT2D eigenvalue weighted by molar-refractivity contribution is 5.31. The Hall–Kier alpha value is -1.47. The number of H-pyrrole nitrogens is 1. The third-order valence-electron chi connectivity index (χ3n) is 1.63. The molecule has 1 aromatic heterocycles. The van der Waals surface area contributed by atoms with Crippen LogP contribution in [0.5, 0.6) is 0 Å². The normalized spacial score (nSPS) is 12.8. The lowest BCUT2D eigenvalue weighted by molar-refractivity contribution is -0.390. The molecule has 0 unspecified atom stereocenters. The van der Waals surface area contributed by atoms with Crippen molar-refractivity contribution in [1.82, 2.24) is 10.2 Å². The van der Waals surface area contributed by atoms with Crippen LogP contribution in [0.25, 0.3) is 0 Å². The molecule has 0 fully saturated rings. The van der Waals surface area contributed by atoms with E-state index in [-0.39, 0.29) is 24.3 Å². The zero-order valence-corrected chi connectivity index (χ0v) is 6.80. The van der Waals surface area contributed by atoms with Crippen molar-refractivity contribution in [2.24, 2.45) is 5.73 Å². The van der Waals surface area contributed by atoms with Gasteiger partial charge in [-0.2, -0.15) is 0 Å². The van der Waals surface area contributed by atoms with Crippen molar-refractivity contribution in [2.75, 3.05) is 6.54 Å². The van der Waals surface area contributed by atoms with Crippen molar-refractivity contribution in [3.8, 4) is 0 Å². The summed E-state index contributed by atoms with van der Waals surface area (Å²) in [5.41, 5.74) is 5.38. The predicted molar refractivity (Wildman–Crippen MR) is 43.9 cm³/mol. The van der Waals surface area contributed by atoms with Gasteiger partial charge in [-0.3, -0.25) is 0 Å². The maximum atomic E-state index is 10.4. The average molecular weight is 186 g/mol. The Bertz CT molecular complexity index is 298. The van der Waals surface area contributed by atoms with Crippen molar-refractivity contribution >= 4 is 5.82 Å². The highest BCUT2D eigenvalue weighted by Gasteiger charge is 2.21. The third-order valence-corrected chi connectivity index (χ3v) is 1.63. The summed E-state index contributed by atoms with van der Waals surface area (Å²) in [6.45, 7) is 0.267. The topological polar surface area (TPSA) is 118 Å². The minimum absolute atomic E-state index is 0.176. The number of nitro groups is 1. The van der Waals surface area contributed by atoms with Crippen LogP contribution in [0.1, 0.15) is 18.1 Å². The third kappa shape index (κ3) is 2.01. The van der Waals surface area contributed by atoms with Crippen LogP contribution in [0.15, 0.2) is 6.20 Å². The van der Waals surface area contributed by atoms with Crippen LogP contribution in [0.4, 0.5) is 5.82 Å². The summed E-state index contributed by atoms with van der Waals surface area (Å²) in [7, 11) is 0. The van der Waals surface area contributed by atoms with Gasteiger partial charge >= 0.3 is 5.82 Å². The minimum atomic E-state index is -0.927. The number of hydrogen-bond acceptors (Lipinski definition) is 5. The number of nitrogens with zero attached hydrogens (tertiary/aromatic N) is 2. The first-order valence-electron chi connectivity index (χ1n) is 3.72. The van der Waals surface area contributed by atoms with Gasteiger partial charge in [0.1, 0.15) is 0 Å². The smallest absolute Gasteiger partial charge is 0.348 e. The molecule has 0 spiro atoms. The van der Waals surface area contributed by atoms with Gasteiger partial charge in [-0.25, -0.2) is 0 Å². The standard InChI is InChI=1S/C6H10N4O3/c7-2-1-5(11)4-3-8-9-6(4)10(12)13/h3,5,11H,1-2,7H2,(H,8,9)/t5-/m1/s1. The fourth-order valence-corrected chi connectivity index (χ4v) is 0.992. The number of nitrogens with one attached hydrogen (secondary N) is 1. The predicted octanol–water partition coefficient (Wildman–Crippen LogP) is -0.300. The summed E-state index contributed by atoms with van der Waals surface area (Å²) in [6.07, 6.45) is 0.586. The van der Waals surface area contributed by atoms with E-state index in [2.05, 4.69) is 10.2 Å². The van der Waals surface area contributed by atoms with E-state index in [1.165, 1.54) is 6.20 Å². The van der Waals surface area contributed by atoms with Gasteiger partial charge in [0.15, 0.2) is 0 Å². The molecule has 13 heavy (non-hydrogen) atoms. The van der Waals surface area contributed by atoms with Gasteiger partial charge in [-0.1, -0.05) is 5.10 Å². The zero-order chi connectivity index (χ0) is 9.84. The number of aliphatic hydroxyl groups is 1. The summed E-state index contributed by atoms with van der Waals surface area (Å²) in [5, 5.41) is 25.5. The summed E-state index contributed by atoms with van der Waals surface area (Å²) in [4.78, 5) is 9.76. The van der Waals surface area contributed by atoms with Gasteiger partial charge in [0.05, 0.1) is 17.9 Å². The average Bonchev–Trinajstić information content (AvgIpc) is 2.52. The van der Waals surface area contributed by atoms with Crippen molar-refractivity contribution in [2.45, 2.75) is 12.5 Å². The molecule has 0 aliphatic carbocycles. The Balaban J connectivity index is 2.86. The molecule has 4 N–H and O–H groups in total. The summed E-state index contributed by atoms with van der Waals surface area (Å²) in [5.74, 6) is -0.277. The fourth-order valence-electron chi connectivity index (χ4n) is 0.992. The van der Waals surface area contributed by atoms with Crippen molar-refractivity contribution in [3.63, 3.8) is 0 Å². The monoisotopic (exact) mass is 186 g/mol. The lowest BCUT2D eigenvalue weighted by Gasteiger charge is -2.05. The van der Waals surface area contributed by atoms with E-state index < -0.39 is 11.0 Å². The van der Waals surface area contributed by atoms with Gasteiger partial charge in [0.25, 0.3) is 0 Å². The molecule has 0 saturated carbocycles. The molecular formula is C6H10N4O3. The molecule has 0 amide bonds. The number of hydrogen-bond donors (Lipinski definition) is 3. The lowest BCUT2D eigenvalue weighted by Crippen LogP contribution is -2.07. The molecule has 1 atom stereocenters. The second-order valence-electron chi connectivity index (χ2n) is 2.52. The number of nitrogens with two attached hydrogens (primary N) is 1. The first-order valence-corrected chi connectivity index (χ1v) is 3.72. The highest BCUT2D eigenvalue weighted by Crippen LogP contribution is 2.23. The molecule has 7 heteroatoms. The first-order chi connectivity index (χ1) is 6.16. The molecule has 1 heterocycles. The molecule has 0 radical (unpaired) electrons. The second kappa shape index (κ2) is 3.97. The van der Waals surface area contributed by atoms with Crippen LogP contribution in [0.3, 0.4) is 0 Å². The van der Waals surface area contributed by atoms with Crippen molar-refractivity contribution in [3.05, 3.63) is 21.9 Å². The second-order valence-corrected chi connectivity index (χ2v) is 2.52. The van der Waals surface area contributed by atoms with Gasteiger partial charge in [-0.05, 0) is 17.9 Å². The molecule has 72 valence electrons. The van der Waals surface area contributed by atoms with Crippen LogP contribution in [0, 0.1) is 10.1 Å². The van der Waals surface area contributed by atoms with E-state index in [1.54, 1.807) is 0 Å². The van der Waals surface area contributed by atoms with Crippen LogP contribution >= 0.6 is 0 Å². The highest BCUT2D eigenvalue weighted by atomic mass is 16.6. The Labute approximate surface area is 73.7 Å². The molecule has 0 aliphatic heterocycles. The molecule has 1 aromatic rings. The summed E-state index contributed by atoms with van der Waals surface area (Å²) in [6, 6.07) is 0. The molecule has 0 aromatic carbocycles. The molecular weight excluding hydrogens is 176 g/mol. The van der Waals surface area contributed by atoms with Gasteiger partial charge < -0.3 is 21.0 Å². The SMILES string of the molecule is NCC[C@@H](O)c1cn[nH]c1[N+](=O)[O-]. The van der Waals surface area contributed by atoms with Gasteiger partial charge in [0, 0.05) is 0 Å². The van der Waals surface area contributed by atoms with Crippen molar-refractivity contribution in [1.29, 1.82) is 0 Å². The Kier molecular flexibility index (Phi) is 2.93. The Morgan fingerprint density at radius 2 is 2.54 bits per heavy atom. The van der Waals surface area contributed by atoms with Crippen LogP contribution < -0.4 is 5.73 Å². The van der Waals surface area contributed by atoms with Gasteiger partial charge in [0.2, 0.25) is 0 Å². The van der Waals surface area contributed by atoms with E-state index in [1.807, 2.05) is 0 Å².